The molecule has 1 aromatic carbocycles. The van der Waals surface area contributed by atoms with Crippen LogP contribution in [0.25, 0.3) is 0 Å². The number of rotatable bonds is 7. The highest BCUT2D eigenvalue weighted by atomic mass is 16.5. The number of nitrogens with two attached hydrogens (primary N) is 2. The summed E-state index contributed by atoms with van der Waals surface area (Å²) in [6, 6.07) is 3.43. The van der Waals surface area contributed by atoms with Gasteiger partial charge in [-0.15, -0.1) is 0 Å². The summed E-state index contributed by atoms with van der Waals surface area (Å²) in [5, 5.41) is 0. The molecule has 0 aliphatic carbocycles. The second kappa shape index (κ2) is 7.21. The predicted octanol–water partition coefficient (Wildman–Crippen LogP) is 1.70. The van der Waals surface area contributed by atoms with Crippen LogP contribution in [0, 0.1) is 5.92 Å². The molecule has 0 heterocycles. The zero-order valence-electron chi connectivity index (χ0n) is 12.1. The molecule has 19 heavy (non-hydrogen) atoms. The summed E-state index contributed by atoms with van der Waals surface area (Å²) in [6.07, 6.45) is 0.773. The lowest BCUT2D eigenvalue weighted by atomic mass is 9.95. The highest BCUT2D eigenvalue weighted by molar-refractivity contribution is 5.52. The maximum absolute atomic E-state index is 6.26. The lowest BCUT2D eigenvalue weighted by Gasteiger charge is -2.22. The molecule has 4 N–H and O–H groups in total. The Labute approximate surface area is 114 Å². The molecule has 0 aliphatic heterocycles. The van der Waals surface area contributed by atoms with E-state index in [9.17, 15) is 0 Å². The summed E-state index contributed by atoms with van der Waals surface area (Å²) >= 11 is 0. The third kappa shape index (κ3) is 3.75. The van der Waals surface area contributed by atoms with E-state index in [1.54, 1.807) is 21.3 Å². The van der Waals surface area contributed by atoms with E-state index >= 15 is 0 Å². The van der Waals surface area contributed by atoms with E-state index in [1.165, 1.54) is 0 Å². The Morgan fingerprint density at radius 1 is 1.05 bits per heavy atom. The van der Waals surface area contributed by atoms with E-state index in [0.29, 0.717) is 29.7 Å². The van der Waals surface area contributed by atoms with Crippen LogP contribution in [-0.2, 0) is 0 Å². The topological polar surface area (TPSA) is 79.7 Å². The van der Waals surface area contributed by atoms with Crippen LogP contribution in [0.15, 0.2) is 12.1 Å². The van der Waals surface area contributed by atoms with Gasteiger partial charge in [0, 0.05) is 18.2 Å². The Balaban J connectivity index is 3.15. The van der Waals surface area contributed by atoms with Crippen molar-refractivity contribution in [1.82, 2.24) is 0 Å². The highest BCUT2D eigenvalue weighted by Crippen LogP contribution is 2.39. The Morgan fingerprint density at radius 3 is 1.95 bits per heavy atom. The average Bonchev–Trinajstić information content (AvgIpc) is 2.44. The molecule has 0 aliphatic rings. The summed E-state index contributed by atoms with van der Waals surface area (Å²) in [7, 11) is 4.82. The minimum atomic E-state index is -0.186. The average molecular weight is 268 g/mol. The molecule has 0 fully saturated rings. The van der Waals surface area contributed by atoms with Crippen molar-refractivity contribution in [2.24, 2.45) is 17.4 Å². The number of benzene rings is 1. The van der Waals surface area contributed by atoms with E-state index in [1.807, 2.05) is 12.1 Å². The minimum absolute atomic E-state index is 0.186. The Morgan fingerprint density at radius 2 is 1.58 bits per heavy atom. The van der Waals surface area contributed by atoms with Crippen LogP contribution in [0.4, 0.5) is 0 Å². The van der Waals surface area contributed by atoms with Crippen LogP contribution < -0.4 is 25.7 Å². The fraction of sp³-hybridized carbons (Fsp3) is 0.571. The molecule has 0 saturated carbocycles. The van der Waals surface area contributed by atoms with Crippen LogP contribution in [0.2, 0.25) is 0 Å². The molecule has 0 aromatic heterocycles. The zero-order chi connectivity index (χ0) is 14.4. The van der Waals surface area contributed by atoms with E-state index in [2.05, 4.69) is 6.92 Å². The number of hydrogen-bond donors (Lipinski definition) is 2. The van der Waals surface area contributed by atoms with Crippen LogP contribution >= 0.6 is 0 Å². The van der Waals surface area contributed by atoms with Gasteiger partial charge in [-0.1, -0.05) is 6.92 Å². The van der Waals surface area contributed by atoms with Gasteiger partial charge in [-0.25, -0.2) is 0 Å². The monoisotopic (exact) mass is 268 g/mol. The summed E-state index contributed by atoms with van der Waals surface area (Å²) in [4.78, 5) is 0. The van der Waals surface area contributed by atoms with Gasteiger partial charge in [0.25, 0.3) is 0 Å². The van der Waals surface area contributed by atoms with Crippen LogP contribution in [0.1, 0.15) is 24.9 Å². The third-order valence-electron chi connectivity index (χ3n) is 3.18. The Kier molecular flexibility index (Phi) is 5.92. The molecular formula is C14H24N2O3. The van der Waals surface area contributed by atoms with Crippen molar-refractivity contribution in [2.45, 2.75) is 19.4 Å². The molecule has 0 spiro atoms. The molecule has 0 saturated heterocycles. The van der Waals surface area contributed by atoms with Gasteiger partial charge in [0.05, 0.1) is 26.9 Å². The molecule has 0 amide bonds. The quantitative estimate of drug-likeness (QED) is 0.786. The van der Waals surface area contributed by atoms with Gasteiger partial charge in [-0.2, -0.15) is 0 Å². The smallest absolute Gasteiger partial charge is 0.131 e. The number of methoxy groups -OCH3 is 3. The van der Waals surface area contributed by atoms with Crippen LogP contribution in [0.3, 0.4) is 0 Å². The van der Waals surface area contributed by atoms with Gasteiger partial charge in [0.2, 0.25) is 0 Å². The van der Waals surface area contributed by atoms with E-state index in [4.69, 9.17) is 25.7 Å². The predicted molar refractivity (Wildman–Crippen MR) is 75.9 cm³/mol. The molecule has 108 valence electrons. The maximum atomic E-state index is 6.26. The van der Waals surface area contributed by atoms with Crippen molar-refractivity contribution in [3.05, 3.63) is 17.7 Å². The Bertz CT molecular complexity index is 385. The molecular weight excluding hydrogens is 244 g/mol. The highest BCUT2D eigenvalue weighted by Gasteiger charge is 2.21. The van der Waals surface area contributed by atoms with Crippen molar-refractivity contribution < 1.29 is 14.2 Å². The summed E-state index contributed by atoms with van der Waals surface area (Å²) in [5.41, 5.74) is 12.8. The van der Waals surface area contributed by atoms with Gasteiger partial charge in [-0.05, 0) is 18.9 Å². The normalized spacial score (nSPS) is 13.8. The van der Waals surface area contributed by atoms with Gasteiger partial charge >= 0.3 is 0 Å². The number of hydrogen-bond acceptors (Lipinski definition) is 5. The van der Waals surface area contributed by atoms with Crippen LogP contribution in [-0.4, -0.2) is 27.9 Å². The lowest BCUT2D eigenvalue weighted by molar-refractivity contribution is 0.357. The first-order valence-corrected chi connectivity index (χ1v) is 6.32. The van der Waals surface area contributed by atoms with Crippen molar-refractivity contribution in [3.63, 3.8) is 0 Å². The second-order valence-corrected chi connectivity index (χ2v) is 4.63. The molecule has 0 radical (unpaired) electrons. The largest absolute Gasteiger partial charge is 0.496 e. The Hall–Kier alpha value is -1.46. The standard InChI is InChI=1S/C14H24N2O3/c1-9(8-15)5-11(16)14-12(18-3)6-10(17-2)7-13(14)19-4/h6-7,9,11H,5,8,15-16H2,1-4H3. The van der Waals surface area contributed by atoms with E-state index in [0.717, 1.165) is 12.0 Å². The molecule has 5 nitrogen and oxygen atoms in total. The fourth-order valence-electron chi connectivity index (χ4n) is 2.05. The fourth-order valence-corrected chi connectivity index (χ4v) is 2.05. The molecule has 2 unspecified atom stereocenters. The summed E-state index contributed by atoms with van der Waals surface area (Å²) < 4.78 is 16.0. The first-order valence-electron chi connectivity index (χ1n) is 6.32. The summed E-state index contributed by atoms with van der Waals surface area (Å²) in [6.45, 7) is 2.68. The third-order valence-corrected chi connectivity index (χ3v) is 3.18. The van der Waals surface area contributed by atoms with E-state index in [-0.39, 0.29) is 6.04 Å². The van der Waals surface area contributed by atoms with E-state index < -0.39 is 0 Å². The first kappa shape index (κ1) is 15.6. The van der Waals surface area contributed by atoms with Gasteiger partial charge in [-0.3, -0.25) is 0 Å². The molecule has 1 aromatic rings. The number of ether oxygens (including phenoxy) is 3. The first-order chi connectivity index (χ1) is 9.07. The van der Waals surface area contributed by atoms with Crippen molar-refractivity contribution in [2.75, 3.05) is 27.9 Å². The SMILES string of the molecule is COc1cc(OC)c(C(N)CC(C)CN)c(OC)c1. The summed E-state index contributed by atoms with van der Waals surface area (Å²) in [5.74, 6) is 2.36. The van der Waals surface area contributed by atoms with Crippen molar-refractivity contribution >= 4 is 0 Å². The molecule has 2 atom stereocenters. The minimum Gasteiger partial charge on any atom is -0.496 e. The zero-order valence-corrected chi connectivity index (χ0v) is 12.1. The molecule has 5 heteroatoms. The van der Waals surface area contributed by atoms with Crippen molar-refractivity contribution in [3.8, 4) is 17.2 Å². The molecule has 1 rings (SSSR count). The maximum Gasteiger partial charge on any atom is 0.131 e. The van der Waals surface area contributed by atoms with Gasteiger partial charge in [0.15, 0.2) is 0 Å². The lowest BCUT2D eigenvalue weighted by Crippen LogP contribution is -2.20. The van der Waals surface area contributed by atoms with Crippen molar-refractivity contribution in [1.29, 1.82) is 0 Å². The van der Waals surface area contributed by atoms with Gasteiger partial charge in [0.1, 0.15) is 17.2 Å². The molecule has 0 bridgehead atoms. The van der Waals surface area contributed by atoms with Gasteiger partial charge < -0.3 is 25.7 Å². The van der Waals surface area contributed by atoms with Crippen LogP contribution in [0.5, 0.6) is 17.2 Å². The second-order valence-electron chi connectivity index (χ2n) is 4.63.